The van der Waals surface area contributed by atoms with Gasteiger partial charge in [-0.25, -0.2) is 0 Å². The molecule has 2 heterocycles. The van der Waals surface area contributed by atoms with Gasteiger partial charge in [-0.15, -0.1) is 0 Å². The lowest BCUT2D eigenvalue weighted by Crippen LogP contribution is -2.06. The smallest absolute Gasteiger partial charge is 0.255 e. The molecule has 0 saturated heterocycles. The lowest BCUT2D eigenvalue weighted by atomic mass is 10.1. The SMILES string of the molecule is CCc1cnccc1-c1noc(C(O)CCN)n1. The Balaban J connectivity index is 2.29. The fraction of sp³-hybridized carbons (Fsp3) is 0.417. The zero-order valence-electron chi connectivity index (χ0n) is 10.2. The van der Waals surface area contributed by atoms with E-state index in [9.17, 15) is 5.11 Å². The summed E-state index contributed by atoms with van der Waals surface area (Å²) in [6.07, 6.45) is 3.89. The third-order valence-electron chi connectivity index (χ3n) is 2.69. The van der Waals surface area contributed by atoms with Crippen LogP contribution in [0.2, 0.25) is 0 Å². The van der Waals surface area contributed by atoms with Crippen molar-refractivity contribution in [3.8, 4) is 11.4 Å². The van der Waals surface area contributed by atoms with Crippen molar-refractivity contribution in [2.75, 3.05) is 6.54 Å². The Kier molecular flexibility index (Phi) is 4.01. The average molecular weight is 248 g/mol. The van der Waals surface area contributed by atoms with Crippen molar-refractivity contribution in [3.05, 3.63) is 29.9 Å². The molecule has 0 amide bonds. The van der Waals surface area contributed by atoms with Crippen molar-refractivity contribution in [2.24, 2.45) is 5.73 Å². The number of aliphatic hydroxyl groups is 1. The van der Waals surface area contributed by atoms with E-state index in [4.69, 9.17) is 10.3 Å². The van der Waals surface area contributed by atoms with E-state index in [2.05, 4.69) is 15.1 Å². The number of aromatic nitrogens is 3. The van der Waals surface area contributed by atoms with E-state index >= 15 is 0 Å². The molecule has 2 rings (SSSR count). The zero-order chi connectivity index (χ0) is 13.0. The van der Waals surface area contributed by atoms with Gasteiger partial charge in [-0.05, 0) is 31.0 Å². The number of aliphatic hydroxyl groups excluding tert-OH is 1. The minimum absolute atomic E-state index is 0.203. The van der Waals surface area contributed by atoms with E-state index in [0.29, 0.717) is 18.8 Å². The quantitative estimate of drug-likeness (QED) is 0.821. The molecule has 2 aromatic heterocycles. The van der Waals surface area contributed by atoms with Gasteiger partial charge in [0, 0.05) is 18.0 Å². The molecular weight excluding hydrogens is 232 g/mol. The van der Waals surface area contributed by atoms with Crippen molar-refractivity contribution in [1.29, 1.82) is 0 Å². The minimum Gasteiger partial charge on any atom is -0.383 e. The van der Waals surface area contributed by atoms with Crippen LogP contribution in [-0.2, 0) is 6.42 Å². The Morgan fingerprint density at radius 1 is 1.50 bits per heavy atom. The standard InChI is InChI=1S/C12H16N4O2/c1-2-8-7-14-6-4-9(8)11-15-12(18-16-11)10(17)3-5-13/h4,6-7,10,17H,2-3,5,13H2,1H3. The third kappa shape index (κ3) is 2.55. The number of pyridine rings is 1. The molecule has 0 bridgehead atoms. The van der Waals surface area contributed by atoms with Crippen LogP contribution in [0.25, 0.3) is 11.4 Å². The molecule has 3 N–H and O–H groups in total. The monoisotopic (exact) mass is 248 g/mol. The number of nitrogens with zero attached hydrogens (tertiary/aromatic N) is 3. The lowest BCUT2D eigenvalue weighted by molar-refractivity contribution is 0.127. The van der Waals surface area contributed by atoms with Gasteiger partial charge in [0.25, 0.3) is 5.89 Å². The highest BCUT2D eigenvalue weighted by molar-refractivity contribution is 5.58. The van der Waals surface area contributed by atoms with Gasteiger partial charge in [-0.3, -0.25) is 4.98 Å². The Morgan fingerprint density at radius 3 is 3.06 bits per heavy atom. The molecule has 0 aliphatic carbocycles. The van der Waals surface area contributed by atoms with Gasteiger partial charge in [0.05, 0.1) is 0 Å². The first-order valence-electron chi connectivity index (χ1n) is 5.91. The second kappa shape index (κ2) is 5.70. The van der Waals surface area contributed by atoms with Crippen molar-refractivity contribution in [2.45, 2.75) is 25.9 Å². The number of rotatable bonds is 5. The number of nitrogens with two attached hydrogens (primary N) is 1. The van der Waals surface area contributed by atoms with Gasteiger partial charge in [0.2, 0.25) is 5.82 Å². The predicted molar refractivity (Wildman–Crippen MR) is 65.5 cm³/mol. The maximum Gasteiger partial charge on any atom is 0.255 e. The molecule has 2 aromatic rings. The van der Waals surface area contributed by atoms with Crippen LogP contribution in [0, 0.1) is 0 Å². The highest BCUT2D eigenvalue weighted by atomic mass is 16.5. The number of hydrogen-bond acceptors (Lipinski definition) is 6. The second-order valence-corrected chi connectivity index (χ2v) is 3.94. The van der Waals surface area contributed by atoms with Gasteiger partial charge < -0.3 is 15.4 Å². The van der Waals surface area contributed by atoms with E-state index in [1.807, 2.05) is 13.0 Å². The molecule has 18 heavy (non-hydrogen) atoms. The topological polar surface area (TPSA) is 98.1 Å². The van der Waals surface area contributed by atoms with E-state index < -0.39 is 6.10 Å². The molecule has 6 heteroatoms. The molecule has 0 aromatic carbocycles. The molecule has 0 radical (unpaired) electrons. The summed E-state index contributed by atoms with van der Waals surface area (Å²) in [6, 6.07) is 1.84. The molecule has 0 saturated carbocycles. The highest BCUT2D eigenvalue weighted by Gasteiger charge is 2.17. The molecule has 96 valence electrons. The molecule has 6 nitrogen and oxygen atoms in total. The van der Waals surface area contributed by atoms with E-state index in [1.165, 1.54) is 0 Å². The maximum absolute atomic E-state index is 9.72. The first kappa shape index (κ1) is 12.7. The normalized spacial score (nSPS) is 12.6. The summed E-state index contributed by atoms with van der Waals surface area (Å²) in [4.78, 5) is 8.26. The molecule has 1 atom stereocenters. The summed E-state index contributed by atoms with van der Waals surface area (Å²) in [5, 5.41) is 13.6. The second-order valence-electron chi connectivity index (χ2n) is 3.94. The van der Waals surface area contributed by atoms with Crippen LogP contribution in [0.1, 0.15) is 30.9 Å². The summed E-state index contributed by atoms with van der Waals surface area (Å²) < 4.78 is 5.05. The van der Waals surface area contributed by atoms with E-state index in [1.54, 1.807) is 12.4 Å². The van der Waals surface area contributed by atoms with Crippen molar-refractivity contribution in [1.82, 2.24) is 15.1 Å². The van der Waals surface area contributed by atoms with Crippen LogP contribution in [0.4, 0.5) is 0 Å². The van der Waals surface area contributed by atoms with Gasteiger partial charge in [-0.1, -0.05) is 12.1 Å². The minimum atomic E-state index is -0.803. The van der Waals surface area contributed by atoms with Gasteiger partial charge in [-0.2, -0.15) is 4.98 Å². The summed E-state index contributed by atoms with van der Waals surface area (Å²) in [7, 11) is 0. The number of aryl methyl sites for hydroxylation is 1. The molecule has 0 spiro atoms. The number of hydrogen-bond donors (Lipinski definition) is 2. The first-order valence-corrected chi connectivity index (χ1v) is 5.91. The fourth-order valence-corrected chi connectivity index (χ4v) is 1.69. The Labute approximate surface area is 105 Å². The fourth-order valence-electron chi connectivity index (χ4n) is 1.69. The van der Waals surface area contributed by atoms with Crippen molar-refractivity contribution in [3.63, 3.8) is 0 Å². The molecule has 0 aliphatic rings. The third-order valence-corrected chi connectivity index (χ3v) is 2.69. The van der Waals surface area contributed by atoms with Gasteiger partial charge >= 0.3 is 0 Å². The van der Waals surface area contributed by atoms with Crippen LogP contribution in [0.5, 0.6) is 0 Å². The predicted octanol–water partition coefficient (Wildman–Crippen LogP) is 1.08. The van der Waals surface area contributed by atoms with Crippen LogP contribution in [0.3, 0.4) is 0 Å². The zero-order valence-corrected chi connectivity index (χ0v) is 10.2. The van der Waals surface area contributed by atoms with Crippen molar-refractivity contribution < 1.29 is 9.63 Å². The highest BCUT2D eigenvalue weighted by Crippen LogP contribution is 2.22. The maximum atomic E-state index is 9.72. The van der Waals surface area contributed by atoms with Crippen molar-refractivity contribution >= 4 is 0 Å². The Bertz CT molecular complexity index is 512. The van der Waals surface area contributed by atoms with Gasteiger partial charge in [0.1, 0.15) is 6.10 Å². The molecule has 0 aliphatic heterocycles. The van der Waals surface area contributed by atoms with Crippen LogP contribution < -0.4 is 5.73 Å². The lowest BCUT2D eigenvalue weighted by Gasteiger charge is -2.02. The molecular formula is C12H16N4O2. The van der Waals surface area contributed by atoms with E-state index in [-0.39, 0.29) is 5.89 Å². The molecule has 0 fully saturated rings. The molecule has 1 unspecified atom stereocenters. The first-order chi connectivity index (χ1) is 8.76. The summed E-state index contributed by atoms with van der Waals surface area (Å²) in [5.74, 6) is 0.676. The van der Waals surface area contributed by atoms with Crippen LogP contribution in [0.15, 0.2) is 23.0 Å². The summed E-state index contributed by atoms with van der Waals surface area (Å²) in [5.41, 5.74) is 7.29. The Hall–Kier alpha value is -1.79. The van der Waals surface area contributed by atoms with Crippen LogP contribution >= 0.6 is 0 Å². The largest absolute Gasteiger partial charge is 0.383 e. The average Bonchev–Trinajstić information content (AvgIpc) is 2.88. The Morgan fingerprint density at radius 2 is 2.33 bits per heavy atom. The van der Waals surface area contributed by atoms with Gasteiger partial charge in [0.15, 0.2) is 0 Å². The van der Waals surface area contributed by atoms with Crippen LogP contribution in [-0.4, -0.2) is 26.8 Å². The van der Waals surface area contributed by atoms with E-state index in [0.717, 1.165) is 17.5 Å². The summed E-state index contributed by atoms with van der Waals surface area (Å²) in [6.45, 7) is 2.40. The summed E-state index contributed by atoms with van der Waals surface area (Å²) >= 11 is 0.